The zero-order valence-electron chi connectivity index (χ0n) is 12.8. The summed E-state index contributed by atoms with van der Waals surface area (Å²) in [5.74, 6) is 0. The Kier molecular flexibility index (Phi) is 3.61. The lowest BCUT2D eigenvalue weighted by Crippen LogP contribution is -1.97. The van der Waals surface area contributed by atoms with Gasteiger partial charge >= 0.3 is 0 Å². The van der Waals surface area contributed by atoms with E-state index in [0.717, 1.165) is 17.6 Å². The Hall–Kier alpha value is -2.93. The largest absolute Gasteiger partial charge is 0.252 e. The molecule has 0 fully saturated rings. The molecule has 110 valence electrons. The average Bonchev–Trinajstić information content (AvgIpc) is 2.63. The van der Waals surface area contributed by atoms with E-state index in [1.54, 1.807) is 0 Å². The van der Waals surface area contributed by atoms with E-state index in [2.05, 4.69) is 84.9 Å². The van der Waals surface area contributed by atoms with Crippen LogP contribution in [0.25, 0.3) is 22.0 Å². The van der Waals surface area contributed by atoms with Crippen LogP contribution in [-0.2, 0) is 6.42 Å². The minimum absolute atomic E-state index is 0.843. The van der Waals surface area contributed by atoms with Crippen molar-refractivity contribution < 1.29 is 0 Å². The summed E-state index contributed by atoms with van der Waals surface area (Å²) in [6.45, 7) is 0. The summed E-state index contributed by atoms with van der Waals surface area (Å²) >= 11 is 0. The van der Waals surface area contributed by atoms with Gasteiger partial charge in [-0.1, -0.05) is 78.9 Å². The minimum Gasteiger partial charge on any atom is -0.252 e. The molecule has 4 rings (SSSR count). The molecule has 1 nitrogen and oxygen atoms in total. The molecule has 0 unspecified atom stereocenters. The Bertz CT molecular complexity index is 928. The van der Waals surface area contributed by atoms with Crippen LogP contribution in [0.1, 0.15) is 11.3 Å². The Labute approximate surface area is 136 Å². The van der Waals surface area contributed by atoms with E-state index in [4.69, 9.17) is 4.98 Å². The molecule has 0 radical (unpaired) electrons. The SMILES string of the molecule is c1ccc(Cc2nc3ccccc3cc2-c2ccccc2)cc1. The third kappa shape index (κ3) is 2.86. The molecule has 1 heteroatoms. The van der Waals surface area contributed by atoms with Gasteiger partial charge in [-0.05, 0) is 23.3 Å². The summed E-state index contributed by atoms with van der Waals surface area (Å²) in [5, 5.41) is 1.18. The molecule has 0 spiro atoms. The fourth-order valence-electron chi connectivity index (χ4n) is 2.95. The first-order chi connectivity index (χ1) is 11.4. The maximum atomic E-state index is 4.95. The molecule has 4 aromatic rings. The third-order valence-electron chi connectivity index (χ3n) is 4.10. The molecule has 0 N–H and O–H groups in total. The number of para-hydroxylation sites is 1. The van der Waals surface area contributed by atoms with Crippen molar-refractivity contribution in [1.82, 2.24) is 4.98 Å². The van der Waals surface area contributed by atoms with Crippen LogP contribution in [0.15, 0.2) is 91.0 Å². The number of hydrogen-bond donors (Lipinski definition) is 0. The normalized spacial score (nSPS) is 10.8. The van der Waals surface area contributed by atoms with Gasteiger partial charge in [-0.3, -0.25) is 4.98 Å². The van der Waals surface area contributed by atoms with Gasteiger partial charge in [-0.15, -0.1) is 0 Å². The summed E-state index contributed by atoms with van der Waals surface area (Å²) in [7, 11) is 0. The summed E-state index contributed by atoms with van der Waals surface area (Å²) in [5.41, 5.74) is 5.90. The molecule has 3 aromatic carbocycles. The van der Waals surface area contributed by atoms with Crippen molar-refractivity contribution in [2.75, 3.05) is 0 Å². The Morgan fingerprint density at radius 2 is 1.30 bits per heavy atom. The van der Waals surface area contributed by atoms with Crippen LogP contribution in [0, 0.1) is 0 Å². The zero-order chi connectivity index (χ0) is 15.5. The fraction of sp³-hybridized carbons (Fsp3) is 0.0455. The first-order valence-electron chi connectivity index (χ1n) is 7.88. The van der Waals surface area contributed by atoms with Gasteiger partial charge in [0.15, 0.2) is 0 Å². The van der Waals surface area contributed by atoms with Crippen LogP contribution in [0.4, 0.5) is 0 Å². The highest BCUT2D eigenvalue weighted by Gasteiger charge is 2.09. The van der Waals surface area contributed by atoms with E-state index >= 15 is 0 Å². The molecule has 1 heterocycles. The number of pyridine rings is 1. The summed E-state index contributed by atoms with van der Waals surface area (Å²) < 4.78 is 0. The van der Waals surface area contributed by atoms with E-state index in [0.29, 0.717) is 0 Å². The molecule has 0 aliphatic rings. The van der Waals surface area contributed by atoms with Crippen molar-refractivity contribution in [3.05, 3.63) is 102 Å². The molecule has 0 atom stereocenters. The highest BCUT2D eigenvalue weighted by atomic mass is 14.7. The van der Waals surface area contributed by atoms with Gasteiger partial charge < -0.3 is 0 Å². The van der Waals surface area contributed by atoms with Crippen LogP contribution in [0.5, 0.6) is 0 Å². The van der Waals surface area contributed by atoms with Crippen molar-refractivity contribution >= 4 is 10.9 Å². The van der Waals surface area contributed by atoms with Gasteiger partial charge in [0.05, 0.1) is 11.2 Å². The molecule has 0 amide bonds. The van der Waals surface area contributed by atoms with Crippen LogP contribution >= 0.6 is 0 Å². The number of rotatable bonds is 3. The monoisotopic (exact) mass is 295 g/mol. The van der Waals surface area contributed by atoms with Crippen molar-refractivity contribution in [2.45, 2.75) is 6.42 Å². The van der Waals surface area contributed by atoms with Crippen LogP contribution in [0.2, 0.25) is 0 Å². The summed E-state index contributed by atoms with van der Waals surface area (Å²) in [6, 6.07) is 31.6. The van der Waals surface area contributed by atoms with Crippen molar-refractivity contribution in [1.29, 1.82) is 0 Å². The predicted octanol–water partition coefficient (Wildman–Crippen LogP) is 5.49. The van der Waals surface area contributed by atoms with Gasteiger partial charge in [0.1, 0.15) is 0 Å². The standard InChI is InChI=1S/C22H17N/c1-3-9-17(10-4-1)15-22-20(18-11-5-2-6-12-18)16-19-13-7-8-14-21(19)23-22/h1-14,16H,15H2. The lowest BCUT2D eigenvalue weighted by Gasteiger charge is -2.11. The van der Waals surface area contributed by atoms with Crippen molar-refractivity contribution in [3.63, 3.8) is 0 Å². The summed E-state index contributed by atoms with van der Waals surface area (Å²) in [4.78, 5) is 4.95. The highest BCUT2D eigenvalue weighted by Crippen LogP contribution is 2.28. The van der Waals surface area contributed by atoms with Crippen LogP contribution in [-0.4, -0.2) is 4.98 Å². The number of aromatic nitrogens is 1. The Morgan fingerprint density at radius 3 is 2.09 bits per heavy atom. The number of fused-ring (bicyclic) bond motifs is 1. The molecule has 0 aliphatic heterocycles. The number of nitrogens with zero attached hydrogens (tertiary/aromatic N) is 1. The second kappa shape index (κ2) is 6.05. The fourth-order valence-corrected chi connectivity index (χ4v) is 2.95. The van der Waals surface area contributed by atoms with Crippen LogP contribution < -0.4 is 0 Å². The van der Waals surface area contributed by atoms with Gasteiger partial charge in [-0.25, -0.2) is 0 Å². The van der Waals surface area contributed by atoms with Crippen molar-refractivity contribution in [3.8, 4) is 11.1 Å². The van der Waals surface area contributed by atoms with Gasteiger partial charge in [-0.2, -0.15) is 0 Å². The second-order valence-corrected chi connectivity index (χ2v) is 5.70. The second-order valence-electron chi connectivity index (χ2n) is 5.70. The minimum atomic E-state index is 0.843. The average molecular weight is 295 g/mol. The van der Waals surface area contributed by atoms with Gasteiger partial charge in [0, 0.05) is 17.4 Å². The maximum Gasteiger partial charge on any atom is 0.0705 e. The maximum absolute atomic E-state index is 4.95. The lowest BCUT2D eigenvalue weighted by molar-refractivity contribution is 1.10. The molecule has 0 saturated carbocycles. The highest BCUT2D eigenvalue weighted by molar-refractivity contribution is 5.85. The molecule has 0 bridgehead atoms. The first-order valence-corrected chi connectivity index (χ1v) is 7.88. The molecular formula is C22H17N. The molecule has 23 heavy (non-hydrogen) atoms. The molecule has 1 aromatic heterocycles. The van der Waals surface area contributed by atoms with Gasteiger partial charge in [0.25, 0.3) is 0 Å². The van der Waals surface area contributed by atoms with Gasteiger partial charge in [0.2, 0.25) is 0 Å². The lowest BCUT2D eigenvalue weighted by atomic mass is 9.97. The Balaban J connectivity index is 1.89. The topological polar surface area (TPSA) is 12.9 Å². The van der Waals surface area contributed by atoms with E-state index in [-0.39, 0.29) is 0 Å². The summed E-state index contributed by atoms with van der Waals surface area (Å²) in [6.07, 6.45) is 0.843. The van der Waals surface area contributed by atoms with Crippen molar-refractivity contribution in [2.24, 2.45) is 0 Å². The molecule has 0 aliphatic carbocycles. The quantitative estimate of drug-likeness (QED) is 0.487. The van der Waals surface area contributed by atoms with E-state index in [9.17, 15) is 0 Å². The predicted molar refractivity (Wildman–Crippen MR) is 96.4 cm³/mol. The number of hydrogen-bond acceptors (Lipinski definition) is 1. The van der Waals surface area contributed by atoms with E-state index < -0.39 is 0 Å². The third-order valence-corrected chi connectivity index (χ3v) is 4.10. The van der Waals surface area contributed by atoms with E-state index in [1.165, 1.54) is 22.1 Å². The Morgan fingerprint density at radius 1 is 0.652 bits per heavy atom. The smallest absolute Gasteiger partial charge is 0.0705 e. The molecule has 0 saturated heterocycles. The van der Waals surface area contributed by atoms with Crippen LogP contribution in [0.3, 0.4) is 0 Å². The number of benzene rings is 3. The molecular weight excluding hydrogens is 278 g/mol. The first kappa shape index (κ1) is 13.7. The van der Waals surface area contributed by atoms with E-state index in [1.807, 2.05) is 6.07 Å². The zero-order valence-corrected chi connectivity index (χ0v) is 12.8.